The van der Waals surface area contributed by atoms with Crippen molar-refractivity contribution in [1.29, 1.82) is 0 Å². The van der Waals surface area contributed by atoms with Crippen LogP contribution in [0.4, 0.5) is 0 Å². The molecule has 1 atom stereocenters. The topological polar surface area (TPSA) is 29.5 Å². The van der Waals surface area contributed by atoms with Gasteiger partial charge >= 0.3 is 0 Å². The average Bonchev–Trinajstić information content (AvgIpc) is 2.53. The van der Waals surface area contributed by atoms with Gasteiger partial charge in [0.05, 0.1) is 0 Å². The van der Waals surface area contributed by atoms with Gasteiger partial charge in [-0.2, -0.15) is 0 Å². The van der Waals surface area contributed by atoms with Crippen molar-refractivity contribution >= 4 is 14.6 Å². The minimum Gasteiger partial charge on any atom is -0.400 e. The molecule has 3 nitrogen and oxygen atoms in total. The number of benzene rings is 1. The van der Waals surface area contributed by atoms with E-state index in [9.17, 15) is 4.79 Å². The van der Waals surface area contributed by atoms with E-state index in [1.54, 1.807) is 0 Å². The molecule has 23 heavy (non-hydrogen) atoms. The van der Waals surface area contributed by atoms with Crippen LogP contribution in [0.15, 0.2) is 24.3 Å². The first kappa shape index (κ1) is 16.4. The van der Waals surface area contributed by atoms with Gasteiger partial charge in [-0.3, -0.25) is 9.69 Å². The van der Waals surface area contributed by atoms with Gasteiger partial charge in [0.1, 0.15) is 11.9 Å². The Labute approximate surface area is 140 Å². The van der Waals surface area contributed by atoms with Crippen molar-refractivity contribution in [1.82, 2.24) is 4.90 Å². The van der Waals surface area contributed by atoms with E-state index >= 15 is 0 Å². The highest BCUT2D eigenvalue weighted by Crippen LogP contribution is 2.39. The fourth-order valence-corrected chi connectivity index (χ4v) is 5.05. The van der Waals surface area contributed by atoms with Crippen molar-refractivity contribution < 1.29 is 9.22 Å². The lowest BCUT2D eigenvalue weighted by Gasteiger charge is -2.52. The van der Waals surface area contributed by atoms with E-state index in [-0.39, 0.29) is 5.60 Å². The number of carbonyl (C=O) groups excluding carboxylic acids is 1. The Morgan fingerprint density at radius 2 is 1.87 bits per heavy atom. The maximum atomic E-state index is 10.8. The number of nitrogens with zero attached hydrogens (tertiary/aromatic N) is 1. The molecule has 3 aliphatic rings. The standard InChI is InChI=1S/C19H25NO2Si/c1-23(2,3)22-19(15-20-12-9-18(19)10-13-20)11-8-16-4-6-17(14-21)7-5-16/h4-7,14,18H,9-10,12-13,15H2,1-3H3. The molecule has 3 saturated heterocycles. The van der Waals surface area contributed by atoms with Gasteiger partial charge in [0.15, 0.2) is 8.32 Å². The van der Waals surface area contributed by atoms with E-state index in [1.807, 2.05) is 24.3 Å². The van der Waals surface area contributed by atoms with Crippen LogP contribution in [-0.4, -0.2) is 44.7 Å². The maximum Gasteiger partial charge on any atom is 0.185 e. The molecule has 2 bridgehead atoms. The summed E-state index contributed by atoms with van der Waals surface area (Å²) in [5.41, 5.74) is 1.32. The van der Waals surface area contributed by atoms with E-state index < -0.39 is 8.32 Å². The number of fused-ring (bicyclic) bond motifs is 3. The fraction of sp³-hybridized carbons (Fsp3) is 0.526. The van der Waals surface area contributed by atoms with Crippen LogP contribution >= 0.6 is 0 Å². The molecule has 3 heterocycles. The van der Waals surface area contributed by atoms with E-state index in [0.29, 0.717) is 11.5 Å². The SMILES string of the molecule is C[Si](C)(C)OC1(C#Cc2ccc(C=O)cc2)CN2CCC1CC2. The Bertz CT molecular complexity index is 630. The van der Waals surface area contributed by atoms with Crippen molar-refractivity contribution in [3.63, 3.8) is 0 Å². The lowest BCUT2D eigenvalue weighted by molar-refractivity contribution is -0.0592. The Hall–Kier alpha value is -1.41. The third-order valence-electron chi connectivity index (χ3n) is 4.66. The average molecular weight is 328 g/mol. The zero-order valence-electron chi connectivity index (χ0n) is 14.3. The highest BCUT2D eigenvalue weighted by atomic mass is 28.4. The number of aldehydes is 1. The van der Waals surface area contributed by atoms with Crippen LogP contribution in [0.25, 0.3) is 0 Å². The van der Waals surface area contributed by atoms with Gasteiger partial charge in [-0.05, 0) is 57.7 Å². The summed E-state index contributed by atoms with van der Waals surface area (Å²) in [6.07, 6.45) is 3.23. The molecule has 4 rings (SSSR count). The van der Waals surface area contributed by atoms with Gasteiger partial charge in [0, 0.05) is 23.6 Å². The summed E-state index contributed by atoms with van der Waals surface area (Å²) in [4.78, 5) is 13.3. The molecule has 0 radical (unpaired) electrons. The molecule has 3 fully saturated rings. The summed E-state index contributed by atoms with van der Waals surface area (Å²) in [7, 11) is -1.68. The van der Waals surface area contributed by atoms with Crippen molar-refractivity contribution in [2.24, 2.45) is 5.92 Å². The summed E-state index contributed by atoms with van der Waals surface area (Å²) in [6.45, 7) is 10.0. The van der Waals surface area contributed by atoms with Gasteiger partial charge in [0.25, 0.3) is 0 Å². The van der Waals surface area contributed by atoms with Crippen LogP contribution in [0.1, 0.15) is 28.8 Å². The monoisotopic (exact) mass is 327 g/mol. The Balaban J connectivity index is 1.90. The number of rotatable bonds is 3. The van der Waals surface area contributed by atoms with E-state index in [2.05, 4.69) is 36.4 Å². The third kappa shape index (κ3) is 3.74. The van der Waals surface area contributed by atoms with Gasteiger partial charge in [0.2, 0.25) is 0 Å². The first-order valence-corrected chi connectivity index (χ1v) is 11.8. The zero-order chi connectivity index (χ0) is 16.5. The molecule has 0 spiro atoms. The predicted molar refractivity (Wildman–Crippen MR) is 95.0 cm³/mol. The second-order valence-corrected chi connectivity index (χ2v) is 12.1. The molecule has 0 N–H and O–H groups in total. The number of carbonyl (C=O) groups is 1. The lowest BCUT2D eigenvalue weighted by atomic mass is 9.75. The van der Waals surface area contributed by atoms with Crippen LogP contribution in [-0.2, 0) is 4.43 Å². The molecule has 3 aliphatic heterocycles. The smallest absolute Gasteiger partial charge is 0.185 e. The molecule has 1 aromatic carbocycles. The zero-order valence-corrected chi connectivity index (χ0v) is 15.3. The molecule has 1 unspecified atom stereocenters. The second kappa shape index (κ2) is 6.24. The number of hydrogen-bond acceptors (Lipinski definition) is 3. The summed E-state index contributed by atoms with van der Waals surface area (Å²) >= 11 is 0. The largest absolute Gasteiger partial charge is 0.400 e. The molecule has 1 aromatic rings. The van der Waals surface area contributed by atoms with Crippen molar-refractivity contribution in [3.8, 4) is 11.8 Å². The van der Waals surface area contributed by atoms with Gasteiger partial charge < -0.3 is 4.43 Å². The lowest BCUT2D eigenvalue weighted by Crippen LogP contribution is -2.62. The minimum absolute atomic E-state index is 0.315. The van der Waals surface area contributed by atoms with Crippen LogP contribution < -0.4 is 0 Å². The van der Waals surface area contributed by atoms with E-state index in [4.69, 9.17) is 4.43 Å². The van der Waals surface area contributed by atoms with Crippen LogP contribution in [0.3, 0.4) is 0 Å². The second-order valence-electron chi connectivity index (χ2n) is 7.64. The van der Waals surface area contributed by atoms with Crippen molar-refractivity contribution in [3.05, 3.63) is 35.4 Å². The van der Waals surface area contributed by atoms with Gasteiger partial charge in [-0.1, -0.05) is 24.0 Å². The van der Waals surface area contributed by atoms with Gasteiger partial charge in [-0.15, -0.1) is 0 Å². The molecule has 4 heteroatoms. The quantitative estimate of drug-likeness (QED) is 0.485. The van der Waals surface area contributed by atoms with Crippen LogP contribution in [0, 0.1) is 17.8 Å². The Morgan fingerprint density at radius 3 is 2.35 bits per heavy atom. The summed E-state index contributed by atoms with van der Waals surface area (Å²) in [5, 5.41) is 0. The first-order chi connectivity index (χ1) is 10.9. The molecular formula is C19H25NO2Si. The normalized spacial score (nSPS) is 29.7. The van der Waals surface area contributed by atoms with E-state index in [1.165, 1.54) is 25.9 Å². The Kier molecular flexibility index (Phi) is 4.46. The molecule has 0 aliphatic carbocycles. The summed E-state index contributed by atoms with van der Waals surface area (Å²) in [5.74, 6) is 7.37. The molecular weight excluding hydrogens is 302 g/mol. The number of hydrogen-bond donors (Lipinski definition) is 0. The minimum atomic E-state index is -1.68. The van der Waals surface area contributed by atoms with E-state index in [0.717, 1.165) is 18.4 Å². The van der Waals surface area contributed by atoms with Crippen LogP contribution in [0.2, 0.25) is 19.6 Å². The van der Waals surface area contributed by atoms with Crippen LogP contribution in [0.5, 0.6) is 0 Å². The van der Waals surface area contributed by atoms with Gasteiger partial charge in [-0.25, -0.2) is 0 Å². The molecule has 0 saturated carbocycles. The summed E-state index contributed by atoms with van der Waals surface area (Å²) in [6, 6.07) is 7.47. The predicted octanol–water partition coefficient (Wildman–Crippen LogP) is 3.17. The third-order valence-corrected chi connectivity index (χ3v) is 5.64. The fourth-order valence-electron chi connectivity index (χ4n) is 3.67. The molecule has 0 amide bonds. The van der Waals surface area contributed by atoms with Crippen molar-refractivity contribution in [2.75, 3.05) is 19.6 Å². The number of piperidine rings is 3. The highest BCUT2D eigenvalue weighted by molar-refractivity contribution is 6.69. The highest BCUT2D eigenvalue weighted by Gasteiger charge is 2.48. The maximum absolute atomic E-state index is 10.8. The molecule has 122 valence electrons. The van der Waals surface area contributed by atoms with Crippen molar-refractivity contribution in [2.45, 2.75) is 38.1 Å². The molecule has 0 aromatic heterocycles. The summed E-state index contributed by atoms with van der Waals surface area (Å²) < 4.78 is 6.63. The first-order valence-electron chi connectivity index (χ1n) is 8.41. The Morgan fingerprint density at radius 1 is 1.22 bits per heavy atom.